The van der Waals surface area contributed by atoms with Crippen LogP contribution in [-0.2, 0) is 4.79 Å². The molecule has 0 aliphatic heterocycles. The van der Waals surface area contributed by atoms with Crippen LogP contribution in [-0.4, -0.2) is 24.0 Å². The summed E-state index contributed by atoms with van der Waals surface area (Å²) in [5.41, 5.74) is 1.62. The normalized spacial score (nSPS) is 10.4. The molecule has 90 valence electrons. The third-order valence-corrected chi connectivity index (χ3v) is 2.30. The zero-order valence-electron chi connectivity index (χ0n) is 9.69. The molecule has 0 radical (unpaired) electrons. The molecule has 1 aromatic carbocycles. The zero-order chi connectivity index (χ0) is 12.1. The maximum Gasteiger partial charge on any atom is 0.295 e. The smallest absolute Gasteiger partial charge is 0.295 e. The molecule has 0 saturated carbocycles. The predicted molar refractivity (Wildman–Crippen MR) is 65.8 cm³/mol. The molecule has 0 aliphatic carbocycles. The minimum absolute atomic E-state index is 0.00754. The van der Waals surface area contributed by atoms with Crippen molar-refractivity contribution in [2.24, 2.45) is 0 Å². The highest BCUT2D eigenvalue weighted by Gasteiger charge is 2.03. The van der Waals surface area contributed by atoms with Crippen molar-refractivity contribution >= 4 is 23.0 Å². The van der Waals surface area contributed by atoms with Crippen LogP contribution in [0.5, 0.6) is 0 Å². The molecule has 0 fully saturated rings. The van der Waals surface area contributed by atoms with Crippen LogP contribution < -0.4 is 10.6 Å². The van der Waals surface area contributed by atoms with Crippen LogP contribution in [0.1, 0.15) is 13.3 Å². The first-order valence-electron chi connectivity index (χ1n) is 5.59. The Kier molecular flexibility index (Phi) is 3.59. The lowest BCUT2D eigenvalue weighted by atomic mass is 10.3. The van der Waals surface area contributed by atoms with Gasteiger partial charge in [-0.05, 0) is 18.6 Å². The Labute approximate surface area is 99.2 Å². The van der Waals surface area contributed by atoms with Gasteiger partial charge in [0.25, 0.3) is 6.01 Å². The van der Waals surface area contributed by atoms with Gasteiger partial charge in [0.15, 0.2) is 5.58 Å². The van der Waals surface area contributed by atoms with Gasteiger partial charge in [0, 0.05) is 20.0 Å². The van der Waals surface area contributed by atoms with Crippen molar-refractivity contribution in [2.75, 3.05) is 18.4 Å². The van der Waals surface area contributed by atoms with E-state index in [9.17, 15) is 4.79 Å². The van der Waals surface area contributed by atoms with Crippen molar-refractivity contribution < 1.29 is 9.21 Å². The van der Waals surface area contributed by atoms with Gasteiger partial charge in [0.05, 0.1) is 0 Å². The van der Waals surface area contributed by atoms with Crippen LogP contribution in [0.3, 0.4) is 0 Å². The monoisotopic (exact) mass is 233 g/mol. The van der Waals surface area contributed by atoms with E-state index >= 15 is 0 Å². The molecule has 2 aromatic rings. The Morgan fingerprint density at radius 2 is 2.18 bits per heavy atom. The lowest BCUT2D eigenvalue weighted by Gasteiger charge is -2.02. The van der Waals surface area contributed by atoms with Gasteiger partial charge in [-0.2, -0.15) is 4.98 Å². The summed E-state index contributed by atoms with van der Waals surface area (Å²) in [6, 6.07) is 8.14. The van der Waals surface area contributed by atoms with E-state index in [1.54, 1.807) is 0 Å². The number of hydrogen-bond donors (Lipinski definition) is 2. The van der Waals surface area contributed by atoms with Gasteiger partial charge in [-0.3, -0.25) is 4.79 Å². The third-order valence-electron chi connectivity index (χ3n) is 2.30. The average molecular weight is 233 g/mol. The topological polar surface area (TPSA) is 67.2 Å². The first kappa shape index (κ1) is 11.4. The maximum atomic E-state index is 10.6. The van der Waals surface area contributed by atoms with E-state index in [0.29, 0.717) is 19.1 Å². The fourth-order valence-electron chi connectivity index (χ4n) is 1.50. The quantitative estimate of drug-likeness (QED) is 0.772. The maximum absolute atomic E-state index is 10.6. The highest BCUT2D eigenvalue weighted by Crippen LogP contribution is 2.17. The first-order valence-corrected chi connectivity index (χ1v) is 5.59. The number of carbonyl (C=O) groups excluding carboxylic acids is 1. The number of aromatic nitrogens is 1. The van der Waals surface area contributed by atoms with Crippen molar-refractivity contribution in [2.45, 2.75) is 13.3 Å². The average Bonchev–Trinajstić information content (AvgIpc) is 2.70. The van der Waals surface area contributed by atoms with E-state index in [2.05, 4.69) is 15.6 Å². The second-order valence-corrected chi connectivity index (χ2v) is 3.75. The second kappa shape index (κ2) is 5.34. The highest BCUT2D eigenvalue weighted by molar-refractivity contribution is 5.74. The fraction of sp³-hybridized carbons (Fsp3) is 0.333. The highest BCUT2D eigenvalue weighted by atomic mass is 16.4. The fourth-order valence-corrected chi connectivity index (χ4v) is 1.50. The molecular weight excluding hydrogens is 218 g/mol. The molecule has 2 N–H and O–H groups in total. The van der Waals surface area contributed by atoms with E-state index in [1.165, 1.54) is 6.92 Å². The number of amides is 1. The van der Waals surface area contributed by atoms with Crippen LogP contribution in [0.2, 0.25) is 0 Å². The lowest BCUT2D eigenvalue weighted by Crippen LogP contribution is -2.22. The zero-order valence-corrected chi connectivity index (χ0v) is 9.69. The summed E-state index contributed by atoms with van der Waals surface area (Å²) >= 11 is 0. The summed E-state index contributed by atoms with van der Waals surface area (Å²) in [4.78, 5) is 14.9. The lowest BCUT2D eigenvalue weighted by molar-refractivity contribution is -0.118. The Balaban J connectivity index is 1.81. The summed E-state index contributed by atoms with van der Waals surface area (Å²) in [6.45, 7) is 2.88. The van der Waals surface area contributed by atoms with Crippen LogP contribution in [0.15, 0.2) is 28.7 Å². The van der Waals surface area contributed by atoms with Crippen LogP contribution in [0.25, 0.3) is 11.1 Å². The Hall–Kier alpha value is -2.04. The van der Waals surface area contributed by atoms with Gasteiger partial charge < -0.3 is 15.1 Å². The molecule has 0 bridgehead atoms. The van der Waals surface area contributed by atoms with E-state index < -0.39 is 0 Å². The molecule has 2 rings (SSSR count). The SMILES string of the molecule is CC(=O)NCCCNc1nc2ccccc2o1. The number of benzene rings is 1. The van der Waals surface area contributed by atoms with Crippen LogP contribution >= 0.6 is 0 Å². The summed E-state index contributed by atoms with van der Waals surface area (Å²) in [6.07, 6.45) is 0.832. The number of oxazole rings is 1. The second-order valence-electron chi connectivity index (χ2n) is 3.75. The predicted octanol–water partition coefficient (Wildman–Crippen LogP) is 1.77. The van der Waals surface area contributed by atoms with Crippen molar-refractivity contribution in [3.05, 3.63) is 24.3 Å². The molecule has 0 unspecified atom stereocenters. The summed E-state index contributed by atoms with van der Waals surface area (Å²) in [5.74, 6) is -0.00754. The molecule has 1 amide bonds. The van der Waals surface area contributed by atoms with Crippen molar-refractivity contribution in [1.82, 2.24) is 10.3 Å². The third kappa shape index (κ3) is 3.21. The number of carbonyl (C=O) groups is 1. The van der Waals surface area contributed by atoms with Crippen molar-refractivity contribution in [3.8, 4) is 0 Å². The minimum atomic E-state index is -0.00754. The number of rotatable bonds is 5. The van der Waals surface area contributed by atoms with Gasteiger partial charge >= 0.3 is 0 Å². The van der Waals surface area contributed by atoms with Crippen molar-refractivity contribution in [3.63, 3.8) is 0 Å². The van der Waals surface area contributed by atoms with Gasteiger partial charge in [0.2, 0.25) is 5.91 Å². The molecule has 0 spiro atoms. The van der Waals surface area contributed by atoms with Gasteiger partial charge in [-0.15, -0.1) is 0 Å². The number of anilines is 1. The standard InChI is InChI=1S/C12H15N3O2/c1-9(16)13-7-4-8-14-12-15-10-5-2-3-6-11(10)17-12/h2-3,5-6H,4,7-8H2,1H3,(H,13,16)(H,14,15). The number of fused-ring (bicyclic) bond motifs is 1. The minimum Gasteiger partial charge on any atom is -0.424 e. The molecule has 1 aromatic heterocycles. The van der Waals surface area contributed by atoms with Gasteiger partial charge in [-0.1, -0.05) is 12.1 Å². The Morgan fingerprint density at radius 3 is 2.94 bits per heavy atom. The Bertz CT molecular complexity index is 474. The summed E-state index contributed by atoms with van der Waals surface area (Å²) in [5, 5.41) is 5.81. The molecule has 5 nitrogen and oxygen atoms in total. The largest absolute Gasteiger partial charge is 0.424 e. The Morgan fingerprint density at radius 1 is 1.35 bits per heavy atom. The molecule has 0 aliphatic rings. The number of nitrogens with one attached hydrogen (secondary N) is 2. The first-order chi connectivity index (χ1) is 8.25. The molecule has 0 saturated heterocycles. The van der Waals surface area contributed by atoms with E-state index in [-0.39, 0.29) is 5.91 Å². The van der Waals surface area contributed by atoms with Gasteiger partial charge in [-0.25, -0.2) is 0 Å². The summed E-state index contributed by atoms with van der Waals surface area (Å²) in [7, 11) is 0. The van der Waals surface area contributed by atoms with Crippen LogP contribution in [0, 0.1) is 0 Å². The number of hydrogen-bond acceptors (Lipinski definition) is 4. The van der Waals surface area contributed by atoms with E-state index in [0.717, 1.165) is 17.5 Å². The molecule has 17 heavy (non-hydrogen) atoms. The van der Waals surface area contributed by atoms with Crippen LogP contribution in [0.4, 0.5) is 6.01 Å². The number of nitrogens with zero attached hydrogens (tertiary/aromatic N) is 1. The van der Waals surface area contributed by atoms with Gasteiger partial charge in [0.1, 0.15) is 5.52 Å². The molecule has 5 heteroatoms. The summed E-state index contributed by atoms with van der Waals surface area (Å²) < 4.78 is 5.49. The molecular formula is C12H15N3O2. The van der Waals surface area contributed by atoms with E-state index in [1.807, 2.05) is 24.3 Å². The number of para-hydroxylation sites is 2. The molecule has 0 atom stereocenters. The molecule has 1 heterocycles. The van der Waals surface area contributed by atoms with Crippen molar-refractivity contribution in [1.29, 1.82) is 0 Å². The van der Waals surface area contributed by atoms with E-state index in [4.69, 9.17) is 4.42 Å².